The van der Waals surface area contributed by atoms with Gasteiger partial charge in [0.2, 0.25) is 0 Å². The van der Waals surface area contributed by atoms with Gasteiger partial charge in [0.05, 0.1) is 0 Å². The molecular formula is C17H26N2O4. The molecule has 0 spiro atoms. The molecule has 1 aliphatic heterocycles. The van der Waals surface area contributed by atoms with E-state index in [1.54, 1.807) is 17.0 Å². The molecule has 3 N–H and O–H groups in total. The molecule has 0 aromatic heterocycles. The van der Waals surface area contributed by atoms with E-state index in [4.69, 9.17) is 4.74 Å². The van der Waals surface area contributed by atoms with Crippen LogP contribution in [-0.2, 0) is 4.74 Å². The summed E-state index contributed by atoms with van der Waals surface area (Å²) in [7, 11) is 0. The summed E-state index contributed by atoms with van der Waals surface area (Å²) in [6, 6.07) is 4.66. The molecule has 0 saturated carbocycles. The van der Waals surface area contributed by atoms with Gasteiger partial charge in [-0.15, -0.1) is 0 Å². The molecule has 1 heterocycles. The average molecular weight is 322 g/mol. The Balaban J connectivity index is 1.91. The second-order valence-corrected chi connectivity index (χ2v) is 7.08. The van der Waals surface area contributed by atoms with Gasteiger partial charge in [-0.25, -0.2) is 4.79 Å². The lowest BCUT2D eigenvalue weighted by molar-refractivity contribution is 0.0290. The Morgan fingerprint density at radius 2 is 1.91 bits per heavy atom. The molecule has 0 bridgehead atoms. The van der Waals surface area contributed by atoms with Gasteiger partial charge in [0.15, 0.2) is 0 Å². The highest BCUT2D eigenvalue weighted by molar-refractivity contribution is 5.68. The van der Waals surface area contributed by atoms with Crippen LogP contribution in [0.3, 0.4) is 0 Å². The number of benzene rings is 1. The number of hydrogen-bond donors (Lipinski definition) is 3. The summed E-state index contributed by atoms with van der Waals surface area (Å²) in [5, 5.41) is 22.6. The van der Waals surface area contributed by atoms with E-state index in [1.165, 1.54) is 6.07 Å². The van der Waals surface area contributed by atoms with E-state index in [2.05, 4.69) is 5.32 Å². The summed E-state index contributed by atoms with van der Waals surface area (Å²) in [5.74, 6) is 0.0749. The van der Waals surface area contributed by atoms with Crippen molar-refractivity contribution in [2.75, 3.05) is 13.1 Å². The molecule has 1 aromatic carbocycles. The molecule has 1 aliphatic rings. The van der Waals surface area contributed by atoms with Crippen LogP contribution in [0.1, 0.15) is 45.7 Å². The molecular weight excluding hydrogens is 296 g/mol. The van der Waals surface area contributed by atoms with Crippen LogP contribution in [0, 0.1) is 0 Å². The number of rotatable bonds is 3. The van der Waals surface area contributed by atoms with Gasteiger partial charge in [0.1, 0.15) is 17.1 Å². The predicted octanol–water partition coefficient (Wildman–Crippen LogP) is 2.76. The minimum Gasteiger partial charge on any atom is -0.508 e. The molecule has 1 amide bonds. The summed E-state index contributed by atoms with van der Waals surface area (Å²) in [4.78, 5) is 13.8. The van der Waals surface area contributed by atoms with E-state index in [1.807, 2.05) is 27.7 Å². The van der Waals surface area contributed by atoms with E-state index in [0.717, 1.165) is 12.0 Å². The normalized spacial score (nSPS) is 19.7. The fraction of sp³-hybridized carbons (Fsp3) is 0.588. The summed E-state index contributed by atoms with van der Waals surface area (Å²) in [6.07, 6.45) is 0.554. The van der Waals surface area contributed by atoms with E-state index in [9.17, 15) is 15.0 Å². The molecule has 128 valence electrons. The number of phenolic OH excluding ortho intramolecular Hbond substituents is 2. The van der Waals surface area contributed by atoms with Crippen LogP contribution < -0.4 is 5.32 Å². The number of phenols is 2. The lowest BCUT2D eigenvalue weighted by atomic mass is 10.1. The van der Waals surface area contributed by atoms with Gasteiger partial charge in [-0.1, -0.05) is 0 Å². The maximum Gasteiger partial charge on any atom is 0.410 e. The Morgan fingerprint density at radius 3 is 2.48 bits per heavy atom. The number of carbonyl (C=O) groups is 1. The number of amides is 1. The fourth-order valence-electron chi connectivity index (χ4n) is 2.71. The third-order valence-electron chi connectivity index (χ3n) is 3.75. The maximum absolute atomic E-state index is 12.1. The molecule has 0 radical (unpaired) electrons. The maximum atomic E-state index is 12.1. The number of carbonyl (C=O) groups excluding carboxylic acids is 1. The third kappa shape index (κ3) is 5.03. The van der Waals surface area contributed by atoms with E-state index >= 15 is 0 Å². The second-order valence-electron chi connectivity index (χ2n) is 7.08. The van der Waals surface area contributed by atoms with Gasteiger partial charge < -0.3 is 25.2 Å². The fourth-order valence-corrected chi connectivity index (χ4v) is 2.71. The number of nitrogens with zero attached hydrogens (tertiary/aromatic N) is 1. The van der Waals surface area contributed by atoms with Crippen LogP contribution >= 0.6 is 0 Å². The number of ether oxygens (including phenoxy) is 1. The zero-order valence-electron chi connectivity index (χ0n) is 14.2. The first kappa shape index (κ1) is 17.4. The first-order valence-corrected chi connectivity index (χ1v) is 7.91. The average Bonchev–Trinajstić information content (AvgIpc) is 2.84. The van der Waals surface area contributed by atoms with Gasteiger partial charge in [-0.2, -0.15) is 0 Å². The van der Waals surface area contributed by atoms with Crippen molar-refractivity contribution in [2.24, 2.45) is 0 Å². The first-order chi connectivity index (χ1) is 10.6. The molecule has 6 heteroatoms. The highest BCUT2D eigenvalue weighted by atomic mass is 16.6. The Bertz CT molecular complexity index is 548. The lowest BCUT2D eigenvalue weighted by Crippen LogP contribution is -2.39. The molecule has 0 aliphatic carbocycles. The minimum atomic E-state index is -0.491. The van der Waals surface area contributed by atoms with Crippen molar-refractivity contribution in [3.8, 4) is 11.5 Å². The SMILES string of the molecule is CC(NC1CCN(C(=O)OC(C)(C)C)C1)c1cc(O)cc(O)c1. The van der Waals surface area contributed by atoms with E-state index < -0.39 is 5.60 Å². The largest absolute Gasteiger partial charge is 0.508 e. The summed E-state index contributed by atoms with van der Waals surface area (Å²) < 4.78 is 5.38. The van der Waals surface area contributed by atoms with Gasteiger partial charge >= 0.3 is 6.09 Å². The first-order valence-electron chi connectivity index (χ1n) is 7.91. The summed E-state index contributed by atoms with van der Waals surface area (Å²) >= 11 is 0. The molecule has 1 fully saturated rings. The van der Waals surface area contributed by atoms with E-state index in [0.29, 0.717) is 13.1 Å². The highest BCUT2D eigenvalue weighted by Crippen LogP contribution is 2.26. The van der Waals surface area contributed by atoms with Crippen LogP contribution in [-0.4, -0.2) is 45.9 Å². The molecule has 2 rings (SSSR count). The molecule has 2 atom stereocenters. The highest BCUT2D eigenvalue weighted by Gasteiger charge is 2.30. The zero-order chi connectivity index (χ0) is 17.2. The third-order valence-corrected chi connectivity index (χ3v) is 3.75. The lowest BCUT2D eigenvalue weighted by Gasteiger charge is -2.25. The molecule has 23 heavy (non-hydrogen) atoms. The van der Waals surface area contributed by atoms with Gasteiger partial charge in [0.25, 0.3) is 0 Å². The van der Waals surface area contributed by atoms with Crippen molar-refractivity contribution in [2.45, 2.75) is 51.8 Å². The number of nitrogens with one attached hydrogen (secondary N) is 1. The van der Waals surface area contributed by atoms with Crippen molar-refractivity contribution in [3.05, 3.63) is 23.8 Å². The number of likely N-dealkylation sites (tertiary alicyclic amines) is 1. The van der Waals surface area contributed by atoms with Crippen LogP contribution in [0.25, 0.3) is 0 Å². The van der Waals surface area contributed by atoms with Gasteiger partial charge in [-0.05, 0) is 51.8 Å². The van der Waals surface area contributed by atoms with Crippen LogP contribution in [0.2, 0.25) is 0 Å². The van der Waals surface area contributed by atoms with Gasteiger partial charge in [0, 0.05) is 31.2 Å². The molecule has 1 aromatic rings. The Kier molecular flexibility index (Phi) is 5.04. The van der Waals surface area contributed by atoms with Crippen molar-refractivity contribution < 1.29 is 19.7 Å². The van der Waals surface area contributed by atoms with Crippen LogP contribution in [0.5, 0.6) is 11.5 Å². The molecule has 1 saturated heterocycles. The van der Waals surface area contributed by atoms with Crippen LogP contribution in [0.15, 0.2) is 18.2 Å². The van der Waals surface area contributed by atoms with Crippen molar-refractivity contribution in [3.63, 3.8) is 0 Å². The monoisotopic (exact) mass is 322 g/mol. The predicted molar refractivity (Wildman–Crippen MR) is 87.5 cm³/mol. The van der Waals surface area contributed by atoms with Crippen molar-refractivity contribution in [1.82, 2.24) is 10.2 Å². The summed E-state index contributed by atoms with van der Waals surface area (Å²) in [5.41, 5.74) is 0.313. The van der Waals surface area contributed by atoms with Gasteiger partial charge in [-0.3, -0.25) is 0 Å². The summed E-state index contributed by atoms with van der Waals surface area (Å²) in [6.45, 7) is 8.77. The topological polar surface area (TPSA) is 82.0 Å². The molecule has 6 nitrogen and oxygen atoms in total. The molecule has 2 unspecified atom stereocenters. The number of aromatic hydroxyl groups is 2. The van der Waals surface area contributed by atoms with Crippen LogP contribution in [0.4, 0.5) is 4.79 Å². The van der Waals surface area contributed by atoms with Crippen molar-refractivity contribution in [1.29, 1.82) is 0 Å². The minimum absolute atomic E-state index is 0.0375. The zero-order valence-corrected chi connectivity index (χ0v) is 14.2. The Labute approximate surface area is 137 Å². The van der Waals surface area contributed by atoms with Crippen molar-refractivity contribution >= 4 is 6.09 Å². The Hall–Kier alpha value is -1.95. The standard InChI is InChI=1S/C17H26N2O4/c1-11(12-7-14(20)9-15(21)8-12)18-13-5-6-19(10-13)16(22)23-17(2,3)4/h7-9,11,13,18,20-21H,5-6,10H2,1-4H3. The smallest absolute Gasteiger partial charge is 0.410 e. The second kappa shape index (κ2) is 6.66. The number of hydrogen-bond acceptors (Lipinski definition) is 5. The van der Waals surface area contributed by atoms with E-state index in [-0.39, 0.29) is 29.7 Å². The quantitative estimate of drug-likeness (QED) is 0.797. The Morgan fingerprint density at radius 1 is 1.30 bits per heavy atom.